The molecule has 1 aromatic heterocycles. The number of hydrogen-bond donors (Lipinski definition) is 2. The Morgan fingerprint density at radius 1 is 1.04 bits per heavy atom. The number of carboxylic acid groups (broad SMARTS) is 1. The van der Waals surface area contributed by atoms with E-state index in [0.29, 0.717) is 12.1 Å². The van der Waals surface area contributed by atoms with Gasteiger partial charge in [0.2, 0.25) is 0 Å². The number of aryl methyl sites for hydroxylation is 1. The summed E-state index contributed by atoms with van der Waals surface area (Å²) >= 11 is 0. The minimum absolute atomic E-state index is 0.304. The van der Waals surface area contributed by atoms with Crippen molar-refractivity contribution in [3.05, 3.63) is 76.9 Å². The Balaban J connectivity index is 1.36. The molecule has 0 spiro atoms. The van der Waals surface area contributed by atoms with Gasteiger partial charge in [-0.1, -0.05) is 24.3 Å². The number of carboxylic acids is 1. The topological polar surface area (TPSA) is 80.0 Å². The Hall–Kier alpha value is -3.15. The van der Waals surface area contributed by atoms with Crippen molar-refractivity contribution in [2.24, 2.45) is 0 Å². The number of aromatic nitrogens is 3. The molecule has 0 saturated carbocycles. The zero-order chi connectivity index (χ0) is 17.9. The largest absolute Gasteiger partial charge is 0.478 e. The van der Waals surface area contributed by atoms with Gasteiger partial charge in [-0.25, -0.2) is 4.79 Å². The van der Waals surface area contributed by atoms with Crippen molar-refractivity contribution in [1.29, 1.82) is 0 Å². The Labute approximate surface area is 151 Å². The van der Waals surface area contributed by atoms with Gasteiger partial charge in [-0.2, -0.15) is 0 Å². The lowest BCUT2D eigenvalue weighted by Gasteiger charge is -2.08. The highest BCUT2D eigenvalue weighted by atomic mass is 16.4. The van der Waals surface area contributed by atoms with Gasteiger partial charge in [0.25, 0.3) is 0 Å². The summed E-state index contributed by atoms with van der Waals surface area (Å²) in [5.74, 6) is 1.24. The third-order valence-corrected chi connectivity index (χ3v) is 4.70. The molecule has 0 bridgehead atoms. The number of nitrogens with one attached hydrogen (secondary N) is 1. The normalized spacial score (nSPS) is 12.8. The molecule has 2 heterocycles. The van der Waals surface area contributed by atoms with Crippen LogP contribution in [0.5, 0.6) is 0 Å². The molecule has 0 aliphatic carbocycles. The molecular formula is C20H20N4O2. The first kappa shape index (κ1) is 16.3. The van der Waals surface area contributed by atoms with Gasteiger partial charge < -0.3 is 15.0 Å². The average Bonchev–Trinajstić information content (AvgIpc) is 3.27. The first-order valence-corrected chi connectivity index (χ1v) is 8.75. The molecule has 0 amide bonds. The van der Waals surface area contributed by atoms with Crippen molar-refractivity contribution in [1.82, 2.24) is 14.8 Å². The molecule has 1 aliphatic heterocycles. The summed E-state index contributed by atoms with van der Waals surface area (Å²) in [5, 5.41) is 20.8. The molecule has 0 radical (unpaired) electrons. The third-order valence-electron chi connectivity index (χ3n) is 4.70. The molecule has 0 atom stereocenters. The van der Waals surface area contributed by atoms with E-state index in [9.17, 15) is 4.79 Å². The number of anilines is 1. The molecule has 6 heteroatoms. The van der Waals surface area contributed by atoms with Crippen molar-refractivity contribution in [2.75, 3.05) is 5.32 Å². The highest BCUT2D eigenvalue weighted by Gasteiger charge is 2.17. The van der Waals surface area contributed by atoms with Crippen LogP contribution in [0.15, 0.2) is 48.5 Å². The van der Waals surface area contributed by atoms with E-state index in [2.05, 4.69) is 44.3 Å². The Bertz CT molecular complexity index is 914. The second kappa shape index (κ2) is 7.00. The highest BCUT2D eigenvalue weighted by Crippen LogP contribution is 2.18. The fourth-order valence-corrected chi connectivity index (χ4v) is 3.23. The highest BCUT2D eigenvalue weighted by molar-refractivity contribution is 5.87. The SMILES string of the molecule is O=C(O)c1ccc(CNc2ccc(Cc3nnc4n3CCC4)cc2)cc1. The number of hydrogen-bond acceptors (Lipinski definition) is 4. The summed E-state index contributed by atoms with van der Waals surface area (Å²) in [7, 11) is 0. The molecule has 2 aromatic carbocycles. The van der Waals surface area contributed by atoms with Crippen molar-refractivity contribution < 1.29 is 9.90 Å². The summed E-state index contributed by atoms with van der Waals surface area (Å²) in [4.78, 5) is 10.9. The fourth-order valence-electron chi connectivity index (χ4n) is 3.23. The van der Waals surface area contributed by atoms with Crippen LogP contribution in [0, 0.1) is 0 Å². The van der Waals surface area contributed by atoms with Crippen LogP contribution in [-0.2, 0) is 25.9 Å². The summed E-state index contributed by atoms with van der Waals surface area (Å²) in [6.07, 6.45) is 2.99. The number of carbonyl (C=O) groups is 1. The van der Waals surface area contributed by atoms with Gasteiger partial charge in [0, 0.05) is 31.6 Å². The molecule has 3 aromatic rings. The average molecular weight is 348 g/mol. The first-order chi connectivity index (χ1) is 12.7. The number of rotatable bonds is 6. The fraction of sp³-hybridized carbons (Fsp3) is 0.250. The molecule has 4 rings (SSSR count). The van der Waals surface area contributed by atoms with Crippen LogP contribution in [0.4, 0.5) is 5.69 Å². The summed E-state index contributed by atoms with van der Waals surface area (Å²) in [6, 6.07) is 15.2. The van der Waals surface area contributed by atoms with Gasteiger partial charge in [-0.15, -0.1) is 10.2 Å². The van der Waals surface area contributed by atoms with Gasteiger partial charge in [-0.3, -0.25) is 0 Å². The number of fused-ring (bicyclic) bond motifs is 1. The third kappa shape index (κ3) is 3.44. The Morgan fingerprint density at radius 3 is 2.50 bits per heavy atom. The lowest BCUT2D eigenvalue weighted by Crippen LogP contribution is -2.03. The lowest BCUT2D eigenvalue weighted by molar-refractivity contribution is 0.0697. The second-order valence-electron chi connectivity index (χ2n) is 6.52. The molecule has 2 N–H and O–H groups in total. The van der Waals surface area contributed by atoms with Crippen molar-refractivity contribution >= 4 is 11.7 Å². The van der Waals surface area contributed by atoms with Crippen molar-refractivity contribution in [3.63, 3.8) is 0 Å². The van der Waals surface area contributed by atoms with Crippen LogP contribution >= 0.6 is 0 Å². The molecular weight excluding hydrogens is 328 g/mol. The Kier molecular flexibility index (Phi) is 4.39. The van der Waals surface area contributed by atoms with Gasteiger partial charge in [-0.05, 0) is 41.8 Å². The molecule has 0 fully saturated rings. The summed E-state index contributed by atoms with van der Waals surface area (Å²) in [5.41, 5.74) is 3.59. The maximum Gasteiger partial charge on any atom is 0.335 e. The first-order valence-electron chi connectivity index (χ1n) is 8.75. The number of benzene rings is 2. The van der Waals surface area contributed by atoms with Crippen LogP contribution in [0.2, 0.25) is 0 Å². The van der Waals surface area contributed by atoms with E-state index in [0.717, 1.165) is 48.7 Å². The van der Waals surface area contributed by atoms with E-state index in [1.165, 1.54) is 5.56 Å². The van der Waals surface area contributed by atoms with Crippen LogP contribution in [-0.4, -0.2) is 25.8 Å². The van der Waals surface area contributed by atoms with Crippen molar-refractivity contribution in [2.45, 2.75) is 32.4 Å². The van der Waals surface area contributed by atoms with Crippen LogP contribution in [0.1, 0.15) is 39.6 Å². The van der Waals surface area contributed by atoms with E-state index >= 15 is 0 Å². The van der Waals surface area contributed by atoms with E-state index < -0.39 is 5.97 Å². The summed E-state index contributed by atoms with van der Waals surface area (Å²) < 4.78 is 2.23. The van der Waals surface area contributed by atoms with Crippen LogP contribution < -0.4 is 5.32 Å². The van der Waals surface area contributed by atoms with E-state index in [1.807, 2.05) is 12.1 Å². The summed E-state index contributed by atoms with van der Waals surface area (Å²) in [6.45, 7) is 1.68. The molecule has 132 valence electrons. The number of nitrogens with zero attached hydrogens (tertiary/aromatic N) is 3. The smallest absolute Gasteiger partial charge is 0.335 e. The standard InChI is InChI=1S/C20H20N4O2/c25-20(26)16-7-3-15(4-8-16)13-21-17-9-5-14(6-10-17)12-19-23-22-18-2-1-11-24(18)19/h3-10,21H,1-2,11-13H2,(H,25,26). The minimum Gasteiger partial charge on any atom is -0.478 e. The van der Waals surface area contributed by atoms with E-state index in [1.54, 1.807) is 12.1 Å². The maximum atomic E-state index is 10.9. The molecule has 1 aliphatic rings. The van der Waals surface area contributed by atoms with Crippen LogP contribution in [0.3, 0.4) is 0 Å². The molecule has 0 saturated heterocycles. The monoisotopic (exact) mass is 348 g/mol. The van der Waals surface area contributed by atoms with Gasteiger partial charge in [0.1, 0.15) is 11.6 Å². The quantitative estimate of drug-likeness (QED) is 0.715. The van der Waals surface area contributed by atoms with Crippen molar-refractivity contribution in [3.8, 4) is 0 Å². The second-order valence-corrected chi connectivity index (χ2v) is 6.52. The predicted octanol–water partition coefficient (Wildman–Crippen LogP) is 3.13. The zero-order valence-corrected chi connectivity index (χ0v) is 14.4. The molecule has 6 nitrogen and oxygen atoms in total. The lowest BCUT2D eigenvalue weighted by atomic mass is 10.1. The maximum absolute atomic E-state index is 10.9. The van der Waals surface area contributed by atoms with Gasteiger partial charge in [0.05, 0.1) is 5.56 Å². The minimum atomic E-state index is -0.904. The molecule has 26 heavy (non-hydrogen) atoms. The van der Waals surface area contributed by atoms with E-state index in [4.69, 9.17) is 5.11 Å². The van der Waals surface area contributed by atoms with Gasteiger partial charge in [0.15, 0.2) is 0 Å². The molecule has 0 unspecified atom stereocenters. The Morgan fingerprint density at radius 2 is 1.77 bits per heavy atom. The predicted molar refractivity (Wildman–Crippen MR) is 98.3 cm³/mol. The zero-order valence-electron chi connectivity index (χ0n) is 14.4. The van der Waals surface area contributed by atoms with E-state index in [-0.39, 0.29) is 0 Å². The van der Waals surface area contributed by atoms with Gasteiger partial charge >= 0.3 is 5.97 Å². The number of aromatic carboxylic acids is 1. The van der Waals surface area contributed by atoms with Crippen LogP contribution in [0.25, 0.3) is 0 Å².